The summed E-state index contributed by atoms with van der Waals surface area (Å²) in [7, 11) is -1.28. The van der Waals surface area contributed by atoms with Crippen LogP contribution in [0, 0.1) is 0 Å². The third-order valence-electron chi connectivity index (χ3n) is 3.86. The van der Waals surface area contributed by atoms with Crippen molar-refractivity contribution in [3.8, 4) is 0 Å². The normalized spacial score (nSPS) is 11.5. The van der Waals surface area contributed by atoms with Crippen molar-refractivity contribution in [2.45, 2.75) is 25.2 Å². The number of esters is 1. The Morgan fingerprint density at radius 2 is 1.82 bits per heavy atom. The van der Waals surface area contributed by atoms with Crippen LogP contribution in [0.25, 0.3) is 0 Å². The fourth-order valence-electron chi connectivity index (χ4n) is 2.27. The van der Waals surface area contributed by atoms with Crippen molar-refractivity contribution in [3.05, 3.63) is 46.3 Å². The van der Waals surface area contributed by atoms with E-state index < -0.39 is 21.9 Å². The first kappa shape index (κ1) is 22.0. The van der Waals surface area contributed by atoms with E-state index in [9.17, 15) is 18.0 Å². The first-order valence-corrected chi connectivity index (χ1v) is 10.7. The Labute approximate surface area is 168 Å². The summed E-state index contributed by atoms with van der Waals surface area (Å²) >= 11 is 1.30. The van der Waals surface area contributed by atoms with Gasteiger partial charge >= 0.3 is 5.97 Å². The number of ether oxygens (including phenoxy) is 1. The topological polar surface area (TPSA) is 102 Å². The van der Waals surface area contributed by atoms with Crippen LogP contribution in [0.15, 0.2) is 35.2 Å². The van der Waals surface area contributed by atoms with E-state index in [4.69, 9.17) is 9.57 Å². The van der Waals surface area contributed by atoms with Crippen LogP contribution in [-0.4, -0.2) is 45.5 Å². The molecule has 1 aromatic heterocycles. The minimum absolute atomic E-state index is 0.00925. The van der Waals surface area contributed by atoms with Crippen LogP contribution in [0.5, 0.6) is 0 Å². The molecular formula is C18H22N2O6S2. The maximum absolute atomic E-state index is 12.6. The summed E-state index contributed by atoms with van der Waals surface area (Å²) in [6.07, 6.45) is 0.715. The van der Waals surface area contributed by atoms with E-state index in [1.807, 2.05) is 6.92 Å². The largest absolute Gasteiger partial charge is 0.462 e. The molecule has 0 aliphatic carbocycles. The van der Waals surface area contributed by atoms with E-state index in [1.54, 1.807) is 13.0 Å². The van der Waals surface area contributed by atoms with E-state index in [0.717, 1.165) is 9.35 Å². The van der Waals surface area contributed by atoms with Crippen molar-refractivity contribution in [1.29, 1.82) is 0 Å². The number of hydrogen-bond donors (Lipinski definition) is 1. The molecule has 0 fully saturated rings. The summed E-state index contributed by atoms with van der Waals surface area (Å²) < 4.78 is 30.2. The number of aryl methyl sites for hydroxylation is 1. The monoisotopic (exact) mass is 426 g/mol. The zero-order valence-electron chi connectivity index (χ0n) is 16.0. The van der Waals surface area contributed by atoms with Crippen LogP contribution in [0.2, 0.25) is 0 Å². The molecule has 0 aliphatic rings. The van der Waals surface area contributed by atoms with Crippen LogP contribution in [0.1, 0.15) is 39.4 Å². The SMILES string of the molecule is CCOC(=O)c1cc(CC)sc1NC(=O)c1ccc(S(=O)(=O)N(C)OC)cc1. The molecule has 1 heterocycles. The van der Waals surface area contributed by atoms with Gasteiger partial charge in [0.2, 0.25) is 0 Å². The van der Waals surface area contributed by atoms with Crippen LogP contribution in [0.4, 0.5) is 5.00 Å². The third kappa shape index (κ3) is 4.76. The molecule has 0 saturated carbocycles. The number of carbonyl (C=O) groups excluding carboxylic acids is 2. The van der Waals surface area contributed by atoms with Crippen LogP contribution >= 0.6 is 11.3 Å². The van der Waals surface area contributed by atoms with Gasteiger partial charge in [0.25, 0.3) is 15.9 Å². The number of sulfonamides is 1. The van der Waals surface area contributed by atoms with Gasteiger partial charge in [-0.3, -0.25) is 9.63 Å². The lowest BCUT2D eigenvalue weighted by molar-refractivity contribution is -0.0258. The Morgan fingerprint density at radius 1 is 1.18 bits per heavy atom. The highest BCUT2D eigenvalue weighted by Gasteiger charge is 2.22. The molecule has 0 spiro atoms. The number of nitrogens with one attached hydrogen (secondary N) is 1. The van der Waals surface area contributed by atoms with Gasteiger partial charge in [0, 0.05) is 17.5 Å². The molecule has 0 radical (unpaired) electrons. The molecular weight excluding hydrogens is 404 g/mol. The molecule has 0 unspecified atom stereocenters. The predicted molar refractivity (Wildman–Crippen MR) is 106 cm³/mol. The molecule has 1 N–H and O–H groups in total. The summed E-state index contributed by atoms with van der Waals surface area (Å²) in [5.41, 5.74) is 0.554. The fraction of sp³-hybridized carbons (Fsp3) is 0.333. The zero-order chi connectivity index (χ0) is 20.9. The molecule has 10 heteroatoms. The van der Waals surface area contributed by atoms with E-state index in [-0.39, 0.29) is 17.1 Å². The highest BCUT2D eigenvalue weighted by atomic mass is 32.2. The van der Waals surface area contributed by atoms with Crippen molar-refractivity contribution in [3.63, 3.8) is 0 Å². The van der Waals surface area contributed by atoms with E-state index >= 15 is 0 Å². The molecule has 1 amide bonds. The van der Waals surface area contributed by atoms with Gasteiger partial charge in [0.1, 0.15) is 5.00 Å². The highest BCUT2D eigenvalue weighted by Crippen LogP contribution is 2.30. The standard InChI is InChI=1S/C18H22N2O6S2/c1-5-13-11-15(18(22)26-6-2)17(27-13)19-16(21)12-7-9-14(10-8-12)28(23,24)20(3)25-4/h7-11H,5-6H2,1-4H3,(H,19,21). The number of amides is 1. The Kier molecular flexibility index (Phi) is 7.30. The number of hydroxylamine groups is 1. The number of rotatable bonds is 8. The lowest BCUT2D eigenvalue weighted by Crippen LogP contribution is -2.25. The van der Waals surface area contributed by atoms with Crippen molar-refractivity contribution >= 4 is 38.2 Å². The lowest BCUT2D eigenvalue weighted by Gasteiger charge is -2.14. The van der Waals surface area contributed by atoms with Gasteiger partial charge in [-0.15, -0.1) is 11.3 Å². The second-order valence-corrected chi connectivity index (χ2v) is 8.68. The summed E-state index contributed by atoms with van der Waals surface area (Å²) in [5.74, 6) is -0.961. The van der Waals surface area contributed by atoms with E-state index in [0.29, 0.717) is 17.0 Å². The molecule has 152 valence electrons. The minimum atomic E-state index is -3.79. The number of benzene rings is 1. The quantitative estimate of drug-likeness (QED) is 0.514. The Hall–Kier alpha value is -2.27. The fourth-order valence-corrected chi connectivity index (χ4v) is 4.22. The molecule has 0 saturated heterocycles. The average Bonchev–Trinajstić information content (AvgIpc) is 3.10. The van der Waals surface area contributed by atoms with Crippen molar-refractivity contribution < 1.29 is 27.6 Å². The Morgan fingerprint density at radius 3 is 2.36 bits per heavy atom. The van der Waals surface area contributed by atoms with Crippen LogP contribution in [-0.2, 0) is 26.0 Å². The minimum Gasteiger partial charge on any atom is -0.462 e. The molecule has 2 rings (SSSR count). The van der Waals surface area contributed by atoms with Crippen LogP contribution < -0.4 is 5.32 Å². The van der Waals surface area contributed by atoms with Gasteiger partial charge in [-0.2, -0.15) is 0 Å². The molecule has 28 heavy (non-hydrogen) atoms. The van der Waals surface area contributed by atoms with Crippen molar-refractivity contribution in [2.24, 2.45) is 0 Å². The van der Waals surface area contributed by atoms with Gasteiger partial charge in [-0.1, -0.05) is 11.4 Å². The van der Waals surface area contributed by atoms with Gasteiger partial charge in [0.05, 0.1) is 24.2 Å². The molecule has 8 nitrogen and oxygen atoms in total. The Bertz CT molecular complexity index is 951. The maximum Gasteiger partial charge on any atom is 0.341 e. The summed E-state index contributed by atoms with van der Waals surface area (Å²) in [6.45, 7) is 3.89. The summed E-state index contributed by atoms with van der Waals surface area (Å²) in [5, 5.41) is 3.11. The first-order valence-electron chi connectivity index (χ1n) is 8.48. The summed E-state index contributed by atoms with van der Waals surface area (Å²) in [6, 6.07) is 7.12. The predicted octanol–water partition coefficient (Wildman–Crippen LogP) is 2.92. The van der Waals surface area contributed by atoms with Gasteiger partial charge in [0.15, 0.2) is 0 Å². The highest BCUT2D eigenvalue weighted by molar-refractivity contribution is 7.89. The van der Waals surface area contributed by atoms with Gasteiger partial charge < -0.3 is 10.1 Å². The van der Waals surface area contributed by atoms with Crippen molar-refractivity contribution in [1.82, 2.24) is 4.47 Å². The molecule has 1 aromatic carbocycles. The molecule has 0 atom stereocenters. The zero-order valence-corrected chi connectivity index (χ0v) is 17.6. The third-order valence-corrected chi connectivity index (χ3v) is 6.75. The molecule has 0 bridgehead atoms. The molecule has 2 aromatic rings. The Balaban J connectivity index is 2.24. The second kappa shape index (κ2) is 9.28. The smallest absolute Gasteiger partial charge is 0.341 e. The number of anilines is 1. The number of nitrogens with zero attached hydrogens (tertiary/aromatic N) is 1. The van der Waals surface area contributed by atoms with Crippen LogP contribution in [0.3, 0.4) is 0 Å². The maximum atomic E-state index is 12.6. The van der Waals surface area contributed by atoms with E-state index in [1.165, 1.54) is 49.8 Å². The second-order valence-electron chi connectivity index (χ2n) is 5.61. The van der Waals surface area contributed by atoms with Crippen molar-refractivity contribution in [2.75, 3.05) is 26.1 Å². The summed E-state index contributed by atoms with van der Waals surface area (Å²) in [4.78, 5) is 30.3. The molecule has 0 aliphatic heterocycles. The van der Waals surface area contributed by atoms with Gasteiger partial charge in [-0.05, 0) is 43.7 Å². The number of carbonyl (C=O) groups is 2. The lowest BCUT2D eigenvalue weighted by atomic mass is 10.2. The van der Waals surface area contributed by atoms with E-state index in [2.05, 4.69) is 5.32 Å². The average molecular weight is 427 g/mol. The first-order chi connectivity index (χ1) is 13.2. The van der Waals surface area contributed by atoms with Gasteiger partial charge in [-0.25, -0.2) is 13.2 Å². The number of hydrogen-bond acceptors (Lipinski definition) is 7. The number of thiophene rings is 1.